The van der Waals surface area contributed by atoms with E-state index in [0.29, 0.717) is 5.92 Å². The maximum atomic E-state index is 8.96. The molecule has 16 heavy (non-hydrogen) atoms. The molecule has 1 saturated carbocycles. The smallest absolute Gasteiger partial charge is 0.104 e. The van der Waals surface area contributed by atoms with E-state index in [-0.39, 0.29) is 0 Å². The van der Waals surface area contributed by atoms with Gasteiger partial charge < -0.3 is 5.73 Å². The number of hydrogen-bond acceptors (Lipinski definition) is 3. The lowest BCUT2D eigenvalue weighted by molar-refractivity contribution is 0.510. The molecule has 0 amide bonds. The lowest BCUT2D eigenvalue weighted by atomic mass is 9.95. The Labute approximate surface area is 98.1 Å². The molecule has 2 unspecified atom stereocenters. The Kier molecular flexibility index (Phi) is 4.70. The van der Waals surface area contributed by atoms with Gasteiger partial charge in [-0.25, -0.2) is 0 Å². The fourth-order valence-corrected chi connectivity index (χ4v) is 2.33. The third-order valence-corrected chi connectivity index (χ3v) is 3.09. The van der Waals surface area contributed by atoms with Crippen LogP contribution in [0.5, 0.6) is 0 Å². The number of aliphatic imine (C=N–C) groups is 1. The fourth-order valence-electron chi connectivity index (χ4n) is 2.33. The molecule has 0 heterocycles. The Morgan fingerprint density at radius 2 is 2.44 bits per heavy atom. The number of nitrogens with two attached hydrogens (primary N) is 1. The summed E-state index contributed by atoms with van der Waals surface area (Å²) >= 11 is 0. The van der Waals surface area contributed by atoms with E-state index in [1.54, 1.807) is 0 Å². The van der Waals surface area contributed by atoms with Crippen molar-refractivity contribution in [1.29, 1.82) is 5.26 Å². The van der Waals surface area contributed by atoms with Crippen LogP contribution in [0.2, 0.25) is 0 Å². The number of nitrogens with zero attached hydrogens (tertiary/aromatic N) is 2. The second-order valence-electron chi connectivity index (χ2n) is 4.55. The maximum absolute atomic E-state index is 8.96. The zero-order chi connectivity index (χ0) is 12.0. The van der Waals surface area contributed by atoms with Crippen molar-refractivity contribution >= 4 is 5.71 Å². The van der Waals surface area contributed by atoms with E-state index in [0.717, 1.165) is 37.9 Å². The summed E-state index contributed by atoms with van der Waals surface area (Å²) in [5.74, 6) is 0.520. The van der Waals surface area contributed by atoms with E-state index in [1.807, 2.05) is 19.9 Å². The van der Waals surface area contributed by atoms with Crippen molar-refractivity contribution < 1.29 is 0 Å². The van der Waals surface area contributed by atoms with Gasteiger partial charge in [-0.1, -0.05) is 6.08 Å². The van der Waals surface area contributed by atoms with E-state index in [1.165, 1.54) is 0 Å². The second kappa shape index (κ2) is 5.81. The topological polar surface area (TPSA) is 62.2 Å². The summed E-state index contributed by atoms with van der Waals surface area (Å²) in [7, 11) is 0. The molecule has 1 fully saturated rings. The van der Waals surface area contributed by atoms with Crippen molar-refractivity contribution in [3.63, 3.8) is 0 Å². The lowest BCUT2D eigenvalue weighted by Crippen LogP contribution is -2.34. The summed E-state index contributed by atoms with van der Waals surface area (Å²) in [6.07, 6.45) is 7.71. The van der Waals surface area contributed by atoms with Gasteiger partial charge in [-0.05, 0) is 51.5 Å². The minimum absolute atomic E-state index is 0.520. The molecule has 2 atom stereocenters. The molecule has 1 aliphatic rings. The molecular formula is C13H21N3. The van der Waals surface area contributed by atoms with E-state index in [4.69, 9.17) is 11.0 Å². The van der Waals surface area contributed by atoms with Gasteiger partial charge in [0.2, 0.25) is 0 Å². The first kappa shape index (κ1) is 12.9. The summed E-state index contributed by atoms with van der Waals surface area (Å²) in [4.78, 5) is 4.46. The van der Waals surface area contributed by atoms with Crippen LogP contribution in [0.25, 0.3) is 0 Å². The third-order valence-electron chi connectivity index (χ3n) is 3.09. The van der Waals surface area contributed by atoms with Crippen LogP contribution in [0.3, 0.4) is 0 Å². The summed E-state index contributed by atoms with van der Waals surface area (Å²) in [5, 5.41) is 8.96. The number of nitriles is 1. The van der Waals surface area contributed by atoms with Crippen LogP contribution >= 0.6 is 0 Å². The highest BCUT2D eigenvalue weighted by atomic mass is 14.8. The van der Waals surface area contributed by atoms with E-state index in [2.05, 4.69) is 17.1 Å². The molecule has 0 aliphatic heterocycles. The minimum Gasteiger partial charge on any atom is -0.313 e. The molecule has 0 spiro atoms. The van der Waals surface area contributed by atoms with Crippen molar-refractivity contribution in [1.82, 2.24) is 0 Å². The molecule has 0 aromatic carbocycles. The zero-order valence-electron chi connectivity index (χ0n) is 10.2. The lowest BCUT2D eigenvalue weighted by Gasteiger charge is -2.14. The maximum Gasteiger partial charge on any atom is 0.104 e. The molecule has 1 aliphatic carbocycles. The highest BCUT2D eigenvalue weighted by Crippen LogP contribution is 2.34. The first-order chi connectivity index (χ1) is 7.63. The first-order valence-corrected chi connectivity index (χ1v) is 5.99. The first-order valence-electron chi connectivity index (χ1n) is 5.99. The van der Waals surface area contributed by atoms with Crippen molar-refractivity contribution in [3.05, 3.63) is 12.2 Å². The molecule has 3 nitrogen and oxygen atoms in total. The largest absolute Gasteiger partial charge is 0.313 e. The van der Waals surface area contributed by atoms with Gasteiger partial charge in [0.15, 0.2) is 0 Å². The van der Waals surface area contributed by atoms with Gasteiger partial charge in [0.05, 0.1) is 6.07 Å². The Hall–Kier alpha value is -1.14. The molecule has 2 N–H and O–H groups in total. The Morgan fingerprint density at radius 3 is 2.94 bits per heavy atom. The van der Waals surface area contributed by atoms with Crippen molar-refractivity contribution in [2.45, 2.75) is 45.1 Å². The second-order valence-corrected chi connectivity index (χ2v) is 4.55. The minimum atomic E-state index is -0.585. The van der Waals surface area contributed by atoms with E-state index >= 15 is 0 Å². The Bertz CT molecular complexity index is 325. The van der Waals surface area contributed by atoms with Crippen LogP contribution in [0.15, 0.2) is 17.1 Å². The molecule has 0 aromatic heterocycles. The predicted octanol–water partition coefficient (Wildman–Crippen LogP) is 2.43. The van der Waals surface area contributed by atoms with Gasteiger partial charge in [-0.2, -0.15) is 5.26 Å². The van der Waals surface area contributed by atoms with Crippen molar-refractivity contribution in [2.24, 2.45) is 16.6 Å². The van der Waals surface area contributed by atoms with E-state index < -0.39 is 5.54 Å². The quantitative estimate of drug-likeness (QED) is 0.738. The van der Waals surface area contributed by atoms with Gasteiger partial charge in [-0.15, -0.1) is 0 Å². The third kappa shape index (κ3) is 3.46. The standard InChI is InChI=1S/C13H21N3/c1-3-5-12(16-4-2)8-11-6-7-13(15,9-11)10-14/h3,5,11H,4,6-9,15H2,1-2H3/b5-3-,16-12?. The molecule has 0 bridgehead atoms. The average Bonchev–Trinajstić information content (AvgIpc) is 2.62. The molecule has 0 saturated heterocycles. The van der Waals surface area contributed by atoms with E-state index in [9.17, 15) is 0 Å². The SMILES string of the molecule is C/C=C\C(CC1CCC(N)(C#N)C1)=NCC. The van der Waals surface area contributed by atoms with Gasteiger partial charge in [0, 0.05) is 12.3 Å². The predicted molar refractivity (Wildman–Crippen MR) is 67.3 cm³/mol. The zero-order valence-corrected chi connectivity index (χ0v) is 10.2. The molecule has 3 heteroatoms. The van der Waals surface area contributed by atoms with Crippen LogP contribution in [0, 0.1) is 17.2 Å². The monoisotopic (exact) mass is 219 g/mol. The van der Waals surface area contributed by atoms with Crippen LogP contribution < -0.4 is 5.73 Å². The Balaban J connectivity index is 2.56. The van der Waals surface area contributed by atoms with Crippen molar-refractivity contribution in [2.75, 3.05) is 6.54 Å². The summed E-state index contributed by atoms with van der Waals surface area (Å²) in [6, 6.07) is 2.23. The van der Waals surface area contributed by atoms with Crippen LogP contribution in [0.4, 0.5) is 0 Å². The molecular weight excluding hydrogens is 198 g/mol. The van der Waals surface area contributed by atoms with Crippen LogP contribution in [-0.2, 0) is 0 Å². The number of allylic oxidation sites excluding steroid dienone is 2. The highest BCUT2D eigenvalue weighted by Gasteiger charge is 2.35. The van der Waals surface area contributed by atoms with Crippen LogP contribution in [0.1, 0.15) is 39.5 Å². The summed E-state index contributed by atoms with van der Waals surface area (Å²) < 4.78 is 0. The normalized spacial score (nSPS) is 30.9. The highest BCUT2D eigenvalue weighted by molar-refractivity contribution is 5.95. The van der Waals surface area contributed by atoms with Gasteiger partial charge in [-0.3, -0.25) is 4.99 Å². The number of hydrogen-bond donors (Lipinski definition) is 1. The number of rotatable bonds is 4. The average molecular weight is 219 g/mol. The fraction of sp³-hybridized carbons (Fsp3) is 0.692. The van der Waals surface area contributed by atoms with Gasteiger partial charge in [0.1, 0.15) is 5.54 Å². The molecule has 0 aromatic rings. The molecule has 88 valence electrons. The summed E-state index contributed by atoms with van der Waals surface area (Å²) in [6.45, 7) is 4.86. The summed E-state index contributed by atoms with van der Waals surface area (Å²) in [5.41, 5.74) is 6.50. The van der Waals surface area contributed by atoms with Crippen LogP contribution in [-0.4, -0.2) is 17.8 Å². The Morgan fingerprint density at radius 1 is 1.69 bits per heavy atom. The van der Waals surface area contributed by atoms with Crippen molar-refractivity contribution in [3.8, 4) is 6.07 Å². The van der Waals surface area contributed by atoms with Gasteiger partial charge >= 0.3 is 0 Å². The molecule has 1 rings (SSSR count). The molecule has 0 radical (unpaired) electrons. The van der Waals surface area contributed by atoms with Gasteiger partial charge in [0.25, 0.3) is 0 Å².